The molecule has 0 aromatic heterocycles. The normalized spacial score (nSPS) is 16.6. The highest BCUT2D eigenvalue weighted by Crippen LogP contribution is 2.25. The Bertz CT molecular complexity index is 981. The maximum atomic E-state index is 12.9. The van der Waals surface area contributed by atoms with Crippen molar-refractivity contribution in [3.8, 4) is 5.75 Å². The van der Waals surface area contributed by atoms with E-state index >= 15 is 0 Å². The lowest BCUT2D eigenvalue weighted by molar-refractivity contribution is -0.126. The summed E-state index contributed by atoms with van der Waals surface area (Å²) < 4.78 is 32.5. The van der Waals surface area contributed by atoms with Gasteiger partial charge < -0.3 is 10.1 Å². The first-order valence-electron chi connectivity index (χ1n) is 10.8. The number of nitrogens with one attached hydrogen (secondary N) is 1. The van der Waals surface area contributed by atoms with Gasteiger partial charge in [0, 0.05) is 19.0 Å². The summed E-state index contributed by atoms with van der Waals surface area (Å²) in [4.78, 5) is 12.9. The molecule has 1 aliphatic rings. The first-order chi connectivity index (χ1) is 14.8. The van der Waals surface area contributed by atoms with Crippen LogP contribution in [0.1, 0.15) is 48.9 Å². The van der Waals surface area contributed by atoms with Crippen LogP contribution in [0.5, 0.6) is 5.75 Å². The number of aryl methyl sites for hydroxylation is 1. The number of rotatable bonds is 8. The number of amides is 1. The van der Waals surface area contributed by atoms with Crippen LogP contribution in [0.2, 0.25) is 0 Å². The van der Waals surface area contributed by atoms with Crippen molar-refractivity contribution in [3.63, 3.8) is 0 Å². The highest BCUT2D eigenvalue weighted by molar-refractivity contribution is 7.88. The average Bonchev–Trinajstić information content (AvgIpc) is 2.79. The van der Waals surface area contributed by atoms with E-state index in [1.807, 2.05) is 62.4 Å². The Kier molecular flexibility index (Phi) is 7.73. The standard InChI is InChI=1S/C24H32N2O4S/c1-4-23(19-9-11-22(30-3)12-10-19)25-24(27)20-13-15-26(16-14-20)31(28,29)17-21-8-6-5-7-18(21)2/h5-12,20,23H,4,13-17H2,1-3H3,(H,25,27). The molecule has 2 aromatic carbocycles. The molecule has 7 heteroatoms. The summed E-state index contributed by atoms with van der Waals surface area (Å²) in [6.07, 6.45) is 1.86. The topological polar surface area (TPSA) is 75.7 Å². The molecule has 6 nitrogen and oxygen atoms in total. The summed E-state index contributed by atoms with van der Waals surface area (Å²) >= 11 is 0. The molecule has 2 aromatic rings. The Morgan fingerprint density at radius 3 is 2.35 bits per heavy atom. The van der Waals surface area contributed by atoms with E-state index in [1.165, 1.54) is 4.31 Å². The van der Waals surface area contributed by atoms with Gasteiger partial charge in [-0.25, -0.2) is 12.7 Å². The van der Waals surface area contributed by atoms with Crippen molar-refractivity contribution >= 4 is 15.9 Å². The van der Waals surface area contributed by atoms with E-state index in [9.17, 15) is 13.2 Å². The number of methoxy groups -OCH3 is 1. The zero-order valence-electron chi connectivity index (χ0n) is 18.5. The highest BCUT2D eigenvalue weighted by atomic mass is 32.2. The molecule has 0 saturated carbocycles. The van der Waals surface area contributed by atoms with Crippen molar-refractivity contribution in [2.75, 3.05) is 20.2 Å². The molecule has 1 unspecified atom stereocenters. The van der Waals surface area contributed by atoms with Crippen molar-refractivity contribution in [1.82, 2.24) is 9.62 Å². The van der Waals surface area contributed by atoms with Crippen LogP contribution in [-0.4, -0.2) is 38.8 Å². The Morgan fingerprint density at radius 1 is 1.13 bits per heavy atom. The van der Waals surface area contributed by atoms with Crippen LogP contribution in [0.4, 0.5) is 0 Å². The van der Waals surface area contributed by atoms with Crippen LogP contribution in [0.25, 0.3) is 0 Å². The van der Waals surface area contributed by atoms with Gasteiger partial charge in [0.15, 0.2) is 0 Å². The predicted molar refractivity (Wildman–Crippen MR) is 122 cm³/mol. The second-order valence-corrected chi connectivity index (χ2v) is 10.1. The Labute approximate surface area is 185 Å². The fraction of sp³-hybridized carbons (Fsp3) is 0.458. The van der Waals surface area contributed by atoms with E-state index in [4.69, 9.17) is 4.74 Å². The zero-order chi connectivity index (χ0) is 22.4. The smallest absolute Gasteiger partial charge is 0.223 e. The maximum absolute atomic E-state index is 12.9. The van der Waals surface area contributed by atoms with Crippen molar-refractivity contribution in [2.45, 2.75) is 44.9 Å². The summed E-state index contributed by atoms with van der Waals surface area (Å²) in [7, 11) is -1.77. The molecule has 31 heavy (non-hydrogen) atoms. The van der Waals surface area contributed by atoms with Gasteiger partial charge in [-0.3, -0.25) is 4.79 Å². The number of hydrogen-bond donors (Lipinski definition) is 1. The lowest BCUT2D eigenvalue weighted by Gasteiger charge is -2.31. The molecule has 1 atom stereocenters. The molecule has 1 heterocycles. The van der Waals surface area contributed by atoms with Crippen molar-refractivity contribution in [2.24, 2.45) is 5.92 Å². The molecule has 1 aliphatic heterocycles. The fourth-order valence-corrected chi connectivity index (χ4v) is 5.67. The molecule has 168 valence electrons. The van der Waals surface area contributed by atoms with Crippen molar-refractivity contribution in [1.29, 1.82) is 0 Å². The van der Waals surface area contributed by atoms with Crippen molar-refractivity contribution < 1.29 is 17.9 Å². The number of nitrogens with zero attached hydrogens (tertiary/aromatic N) is 1. The van der Waals surface area contributed by atoms with Crippen LogP contribution >= 0.6 is 0 Å². The zero-order valence-corrected chi connectivity index (χ0v) is 19.3. The monoisotopic (exact) mass is 444 g/mol. The Hall–Kier alpha value is -2.38. The Morgan fingerprint density at radius 2 is 1.77 bits per heavy atom. The van der Waals surface area contributed by atoms with E-state index in [1.54, 1.807) is 7.11 Å². The number of hydrogen-bond acceptors (Lipinski definition) is 4. The summed E-state index contributed by atoms with van der Waals surface area (Å²) in [5, 5.41) is 3.14. The predicted octanol–water partition coefficient (Wildman–Crippen LogP) is 3.81. The van der Waals surface area contributed by atoms with E-state index in [2.05, 4.69) is 5.32 Å². The first kappa shape index (κ1) is 23.3. The number of benzene rings is 2. The molecule has 1 amide bonds. The van der Waals surface area contributed by atoms with E-state index < -0.39 is 10.0 Å². The first-order valence-corrected chi connectivity index (χ1v) is 12.4. The van der Waals surface area contributed by atoms with Gasteiger partial charge in [0.1, 0.15) is 5.75 Å². The molecular weight excluding hydrogens is 412 g/mol. The van der Waals surface area contributed by atoms with Crippen LogP contribution in [0.3, 0.4) is 0 Å². The van der Waals surface area contributed by atoms with Crippen LogP contribution in [-0.2, 0) is 20.6 Å². The third-order valence-electron chi connectivity index (χ3n) is 6.06. The SMILES string of the molecule is CCC(NC(=O)C1CCN(S(=O)(=O)Cc2ccccc2C)CC1)c1ccc(OC)cc1. The van der Waals surface area contributed by atoms with Gasteiger partial charge in [-0.2, -0.15) is 0 Å². The summed E-state index contributed by atoms with van der Waals surface area (Å²) in [6, 6.07) is 15.2. The van der Waals surface area contributed by atoms with E-state index in [0.29, 0.717) is 25.9 Å². The van der Waals surface area contributed by atoms with Gasteiger partial charge in [-0.1, -0.05) is 43.3 Å². The van der Waals surface area contributed by atoms with Gasteiger partial charge in [-0.05, 0) is 55.0 Å². The van der Waals surface area contributed by atoms with Gasteiger partial charge in [0.25, 0.3) is 0 Å². The summed E-state index contributed by atoms with van der Waals surface area (Å²) in [6.45, 7) is 4.72. The molecule has 0 radical (unpaired) electrons. The largest absolute Gasteiger partial charge is 0.497 e. The van der Waals surface area contributed by atoms with Gasteiger partial charge in [0.05, 0.1) is 18.9 Å². The van der Waals surface area contributed by atoms with Crippen LogP contribution < -0.4 is 10.1 Å². The van der Waals surface area contributed by atoms with Gasteiger partial charge in [0.2, 0.25) is 15.9 Å². The molecule has 1 saturated heterocycles. The molecule has 3 rings (SSSR count). The van der Waals surface area contributed by atoms with E-state index in [-0.39, 0.29) is 23.6 Å². The van der Waals surface area contributed by atoms with E-state index in [0.717, 1.165) is 28.9 Å². The molecule has 0 aliphatic carbocycles. The maximum Gasteiger partial charge on any atom is 0.223 e. The second-order valence-electron chi connectivity index (χ2n) is 8.10. The fourth-order valence-electron chi connectivity index (χ4n) is 4.00. The third kappa shape index (κ3) is 5.86. The Balaban J connectivity index is 1.56. The summed E-state index contributed by atoms with van der Waals surface area (Å²) in [5.41, 5.74) is 2.84. The molecule has 1 fully saturated rings. The number of carbonyl (C=O) groups excluding carboxylic acids is 1. The number of piperidine rings is 1. The number of carbonyl (C=O) groups is 1. The van der Waals surface area contributed by atoms with Gasteiger partial charge >= 0.3 is 0 Å². The quantitative estimate of drug-likeness (QED) is 0.672. The lowest BCUT2D eigenvalue weighted by atomic mass is 9.95. The minimum Gasteiger partial charge on any atom is -0.497 e. The molecule has 0 bridgehead atoms. The minimum atomic E-state index is -3.40. The van der Waals surface area contributed by atoms with Crippen LogP contribution in [0.15, 0.2) is 48.5 Å². The molecular formula is C24H32N2O4S. The van der Waals surface area contributed by atoms with Crippen molar-refractivity contribution in [3.05, 3.63) is 65.2 Å². The minimum absolute atomic E-state index is 0.00128. The average molecular weight is 445 g/mol. The molecule has 1 N–H and O–H groups in total. The number of sulfonamides is 1. The van der Waals surface area contributed by atoms with Crippen LogP contribution in [0, 0.1) is 12.8 Å². The highest BCUT2D eigenvalue weighted by Gasteiger charge is 2.32. The third-order valence-corrected chi connectivity index (χ3v) is 7.89. The lowest BCUT2D eigenvalue weighted by Crippen LogP contribution is -2.44. The number of ether oxygens (including phenoxy) is 1. The summed E-state index contributed by atoms with van der Waals surface area (Å²) in [5.74, 6) is 0.617. The van der Waals surface area contributed by atoms with Gasteiger partial charge in [-0.15, -0.1) is 0 Å². The second kappa shape index (κ2) is 10.3. The molecule has 0 spiro atoms.